The number of halogens is 1. The molecule has 2 aromatic carbocycles. The van der Waals surface area contributed by atoms with Crippen LogP contribution in [0.3, 0.4) is 0 Å². The van der Waals surface area contributed by atoms with Crippen molar-refractivity contribution in [2.24, 2.45) is 5.92 Å². The summed E-state index contributed by atoms with van der Waals surface area (Å²) in [6.07, 6.45) is 3.18. The molecule has 6 nitrogen and oxygen atoms in total. The Hall–Kier alpha value is -3.64. The van der Waals surface area contributed by atoms with E-state index in [0.717, 1.165) is 0 Å². The van der Waals surface area contributed by atoms with Gasteiger partial charge < -0.3 is 9.84 Å². The molecule has 1 fully saturated rings. The smallest absolute Gasteiger partial charge is 0.300 e. The van der Waals surface area contributed by atoms with Crippen molar-refractivity contribution in [1.82, 2.24) is 4.98 Å². The Labute approximate surface area is 197 Å². The van der Waals surface area contributed by atoms with Crippen molar-refractivity contribution in [2.75, 3.05) is 11.5 Å². The molecule has 0 radical (unpaired) electrons. The number of amides is 1. The Balaban J connectivity index is 1.84. The molecule has 4 rings (SSSR count). The number of ether oxygens (including phenoxy) is 1. The van der Waals surface area contributed by atoms with Gasteiger partial charge in [0.1, 0.15) is 11.5 Å². The average molecular weight is 463 g/mol. The predicted octanol–water partition coefficient (Wildman–Crippen LogP) is 5.40. The van der Waals surface area contributed by atoms with Gasteiger partial charge in [-0.2, -0.15) is 0 Å². The summed E-state index contributed by atoms with van der Waals surface area (Å²) >= 11 is 6.01. The van der Waals surface area contributed by atoms with Gasteiger partial charge in [-0.05, 0) is 53.9 Å². The lowest BCUT2D eigenvalue weighted by atomic mass is 9.96. The van der Waals surface area contributed by atoms with Crippen LogP contribution in [0, 0.1) is 5.92 Å². The van der Waals surface area contributed by atoms with Crippen LogP contribution in [0.5, 0.6) is 5.75 Å². The zero-order valence-corrected chi connectivity index (χ0v) is 19.0. The number of pyridine rings is 1. The van der Waals surface area contributed by atoms with E-state index in [2.05, 4.69) is 4.98 Å². The van der Waals surface area contributed by atoms with Crippen molar-refractivity contribution in [2.45, 2.75) is 19.9 Å². The number of aliphatic hydroxyl groups is 1. The molecule has 0 aliphatic carbocycles. The van der Waals surface area contributed by atoms with Crippen LogP contribution in [0.15, 0.2) is 78.6 Å². The summed E-state index contributed by atoms with van der Waals surface area (Å²) in [6, 6.07) is 16.1. The minimum absolute atomic E-state index is 0.0102. The van der Waals surface area contributed by atoms with Crippen molar-refractivity contribution in [3.05, 3.63) is 94.8 Å². The van der Waals surface area contributed by atoms with Crippen molar-refractivity contribution in [1.29, 1.82) is 0 Å². The van der Waals surface area contributed by atoms with E-state index in [9.17, 15) is 14.7 Å². The molecule has 1 amide bonds. The number of carbonyl (C=O) groups excluding carboxylic acids is 2. The lowest BCUT2D eigenvalue weighted by Gasteiger charge is -2.25. The quantitative estimate of drug-likeness (QED) is 0.301. The number of aromatic nitrogens is 1. The summed E-state index contributed by atoms with van der Waals surface area (Å²) < 4.78 is 5.76. The number of nitrogens with zero attached hydrogens (tertiary/aromatic N) is 2. The number of anilines is 1. The first-order valence-corrected chi connectivity index (χ1v) is 10.9. The van der Waals surface area contributed by atoms with Gasteiger partial charge in [-0.3, -0.25) is 19.5 Å². The van der Waals surface area contributed by atoms with E-state index in [1.807, 2.05) is 13.8 Å². The summed E-state index contributed by atoms with van der Waals surface area (Å²) in [5.41, 5.74) is 1.46. The molecule has 33 heavy (non-hydrogen) atoms. The molecule has 1 atom stereocenters. The second kappa shape index (κ2) is 9.46. The lowest BCUT2D eigenvalue weighted by molar-refractivity contribution is -0.132. The number of rotatable bonds is 6. The molecule has 7 heteroatoms. The number of hydrogen-bond acceptors (Lipinski definition) is 5. The topological polar surface area (TPSA) is 79.7 Å². The Kier molecular flexibility index (Phi) is 6.47. The second-order valence-electron chi connectivity index (χ2n) is 8.16. The molecule has 1 N–H and O–H groups in total. The molecule has 1 aliphatic heterocycles. The third-order valence-electron chi connectivity index (χ3n) is 5.24. The fourth-order valence-electron chi connectivity index (χ4n) is 3.71. The van der Waals surface area contributed by atoms with E-state index in [1.54, 1.807) is 73.1 Å². The molecule has 0 saturated carbocycles. The molecular formula is C26H23ClN2O4. The second-order valence-corrected chi connectivity index (χ2v) is 8.60. The normalized spacial score (nSPS) is 17.6. The van der Waals surface area contributed by atoms with Crippen molar-refractivity contribution < 1.29 is 19.4 Å². The van der Waals surface area contributed by atoms with Crippen LogP contribution in [0.25, 0.3) is 5.76 Å². The number of ketones is 1. The third-order valence-corrected chi connectivity index (χ3v) is 5.49. The van der Waals surface area contributed by atoms with Crippen LogP contribution in [0.1, 0.15) is 31.0 Å². The predicted molar refractivity (Wildman–Crippen MR) is 127 cm³/mol. The zero-order valence-electron chi connectivity index (χ0n) is 18.2. The number of hydrogen-bond donors (Lipinski definition) is 1. The van der Waals surface area contributed by atoms with E-state index < -0.39 is 17.7 Å². The molecule has 1 saturated heterocycles. The largest absolute Gasteiger partial charge is 0.507 e. The maximum absolute atomic E-state index is 13.2. The Morgan fingerprint density at radius 1 is 1.12 bits per heavy atom. The first-order valence-electron chi connectivity index (χ1n) is 10.6. The summed E-state index contributed by atoms with van der Waals surface area (Å²) in [4.78, 5) is 31.8. The molecule has 1 aliphatic rings. The average Bonchev–Trinajstić information content (AvgIpc) is 3.09. The molecule has 1 unspecified atom stereocenters. The molecule has 1 aromatic heterocycles. The maximum Gasteiger partial charge on any atom is 0.300 e. The molecule has 2 heterocycles. The molecule has 0 spiro atoms. The maximum atomic E-state index is 13.2. The van der Waals surface area contributed by atoms with Crippen molar-refractivity contribution in [3.63, 3.8) is 0 Å². The molecule has 3 aromatic rings. The van der Waals surface area contributed by atoms with Crippen LogP contribution >= 0.6 is 11.6 Å². The van der Waals surface area contributed by atoms with Gasteiger partial charge in [-0.1, -0.05) is 43.6 Å². The summed E-state index contributed by atoms with van der Waals surface area (Å²) in [5.74, 6) is -0.881. The van der Waals surface area contributed by atoms with Gasteiger partial charge in [0.05, 0.1) is 18.2 Å². The standard InChI is InChI=1S/C26H23ClN2O4/c1-16(2)15-33-21-7-3-5-17(13-21)24(30)22-23(18-6-4-12-28-14-18)29(26(32)25(22)31)20-10-8-19(27)9-11-20/h3-14,16,23,30H,15H2,1-2H3/b24-22-. The van der Waals surface area contributed by atoms with E-state index in [1.165, 1.54) is 4.90 Å². The van der Waals surface area contributed by atoms with Crippen LogP contribution < -0.4 is 9.64 Å². The van der Waals surface area contributed by atoms with Crippen molar-refractivity contribution >= 4 is 34.7 Å². The van der Waals surface area contributed by atoms with Gasteiger partial charge in [-0.25, -0.2) is 0 Å². The highest BCUT2D eigenvalue weighted by Crippen LogP contribution is 2.42. The molecular weight excluding hydrogens is 440 g/mol. The van der Waals surface area contributed by atoms with Crippen LogP contribution in [-0.2, 0) is 9.59 Å². The van der Waals surface area contributed by atoms with E-state index in [-0.39, 0.29) is 11.3 Å². The highest BCUT2D eigenvalue weighted by Gasteiger charge is 2.47. The first-order chi connectivity index (χ1) is 15.9. The lowest BCUT2D eigenvalue weighted by Crippen LogP contribution is -2.29. The van der Waals surface area contributed by atoms with Crippen LogP contribution in [0.2, 0.25) is 5.02 Å². The van der Waals surface area contributed by atoms with Crippen LogP contribution in [-0.4, -0.2) is 28.4 Å². The van der Waals surface area contributed by atoms with Gasteiger partial charge in [0.2, 0.25) is 0 Å². The molecule has 168 valence electrons. The van der Waals surface area contributed by atoms with Crippen LogP contribution in [0.4, 0.5) is 5.69 Å². The summed E-state index contributed by atoms with van der Waals surface area (Å²) in [5, 5.41) is 11.7. The Morgan fingerprint density at radius 3 is 2.55 bits per heavy atom. The van der Waals surface area contributed by atoms with E-state index in [4.69, 9.17) is 16.3 Å². The fourth-order valence-corrected chi connectivity index (χ4v) is 3.83. The summed E-state index contributed by atoms with van der Waals surface area (Å²) in [6.45, 7) is 4.59. The van der Waals surface area contributed by atoms with Gasteiger partial charge in [0, 0.05) is 28.7 Å². The highest BCUT2D eigenvalue weighted by molar-refractivity contribution is 6.51. The monoisotopic (exact) mass is 462 g/mol. The third kappa shape index (κ3) is 4.61. The minimum atomic E-state index is -0.847. The number of benzene rings is 2. The van der Waals surface area contributed by atoms with Gasteiger partial charge in [-0.15, -0.1) is 0 Å². The van der Waals surface area contributed by atoms with Crippen molar-refractivity contribution in [3.8, 4) is 5.75 Å². The molecule has 0 bridgehead atoms. The first kappa shape index (κ1) is 22.6. The summed E-state index contributed by atoms with van der Waals surface area (Å²) in [7, 11) is 0. The number of carbonyl (C=O) groups is 2. The van der Waals surface area contributed by atoms with E-state index in [0.29, 0.717) is 40.1 Å². The van der Waals surface area contributed by atoms with E-state index >= 15 is 0 Å². The van der Waals surface area contributed by atoms with Gasteiger partial charge in [0.15, 0.2) is 0 Å². The van der Waals surface area contributed by atoms with Gasteiger partial charge >= 0.3 is 0 Å². The van der Waals surface area contributed by atoms with Gasteiger partial charge in [0.25, 0.3) is 11.7 Å². The Morgan fingerprint density at radius 2 is 1.88 bits per heavy atom. The fraction of sp³-hybridized carbons (Fsp3) is 0.192. The number of Topliss-reactive ketones (excluding diaryl/α,β-unsaturated/α-hetero) is 1. The Bertz CT molecular complexity index is 1210. The SMILES string of the molecule is CC(C)COc1cccc(/C(O)=C2/C(=O)C(=O)N(c3ccc(Cl)cc3)C2c2cccnc2)c1. The zero-order chi connectivity index (χ0) is 23.5. The number of aliphatic hydroxyl groups excluding tert-OH is 1. The highest BCUT2D eigenvalue weighted by atomic mass is 35.5. The minimum Gasteiger partial charge on any atom is -0.507 e.